The van der Waals surface area contributed by atoms with Crippen molar-refractivity contribution in [1.82, 2.24) is 19.5 Å². The molecule has 14 nitrogen and oxygen atoms in total. The van der Waals surface area contributed by atoms with Crippen LogP contribution in [0.1, 0.15) is 33.9 Å². The number of nitrogen functional groups attached to an aromatic ring is 1. The summed E-state index contributed by atoms with van der Waals surface area (Å²) in [4.78, 5) is 25.9. The number of anilines is 1. The molecule has 1 unspecified atom stereocenters. The summed E-state index contributed by atoms with van der Waals surface area (Å²) >= 11 is 0. The summed E-state index contributed by atoms with van der Waals surface area (Å²) in [5.41, 5.74) is 6.21. The summed E-state index contributed by atoms with van der Waals surface area (Å²) in [7, 11) is 3.13. The molecule has 0 amide bonds. The topological polar surface area (TPSA) is 161 Å². The highest BCUT2D eigenvalue weighted by molar-refractivity contribution is 5.81. The number of nitrogens with two attached hydrogens (primary N) is 1. The van der Waals surface area contributed by atoms with E-state index in [4.69, 9.17) is 43.6 Å². The lowest BCUT2D eigenvalue weighted by Crippen LogP contribution is -2.44. The van der Waals surface area contributed by atoms with Gasteiger partial charge in [0.15, 0.2) is 29.6 Å². The predicted octanol–water partition coefficient (Wildman–Crippen LogP) is 1.05. The molecule has 0 saturated carbocycles. The van der Waals surface area contributed by atoms with Crippen LogP contribution in [0.25, 0.3) is 11.2 Å². The first-order chi connectivity index (χ1) is 18.1. The van der Waals surface area contributed by atoms with E-state index in [1.54, 1.807) is 25.1 Å². The fourth-order valence-corrected chi connectivity index (χ4v) is 4.69. The maximum absolute atomic E-state index is 13.2. The van der Waals surface area contributed by atoms with E-state index in [2.05, 4.69) is 15.0 Å². The number of methoxy groups -OCH3 is 2. The number of rotatable bonds is 13. The molecule has 2 aliphatic heterocycles. The number of hydrogen-bond acceptors (Lipinski definition) is 13. The number of hydrogen-bond donors (Lipinski definition) is 1. The van der Waals surface area contributed by atoms with E-state index in [1.165, 1.54) is 6.33 Å². The third-order valence-electron chi connectivity index (χ3n) is 6.37. The molecule has 2 fully saturated rings. The molecule has 212 valence electrons. The van der Waals surface area contributed by atoms with Crippen molar-refractivity contribution in [2.24, 2.45) is 5.41 Å². The predicted molar refractivity (Wildman–Crippen MR) is 132 cm³/mol. The second-order valence-electron chi connectivity index (χ2n) is 10.3. The number of aromatic nitrogens is 4. The zero-order chi connectivity index (χ0) is 27.5. The van der Waals surface area contributed by atoms with Crippen LogP contribution in [-0.4, -0.2) is 103 Å². The Hall–Kier alpha value is -2.46. The molecule has 2 aliphatic rings. The Morgan fingerprint density at radius 2 is 1.92 bits per heavy atom. The number of carbonyl (C=O) groups is 1. The van der Waals surface area contributed by atoms with Gasteiger partial charge < -0.3 is 43.6 Å². The van der Waals surface area contributed by atoms with E-state index in [1.807, 2.05) is 27.7 Å². The van der Waals surface area contributed by atoms with Gasteiger partial charge in [0, 0.05) is 19.6 Å². The van der Waals surface area contributed by atoms with Crippen LogP contribution in [0, 0.1) is 5.41 Å². The van der Waals surface area contributed by atoms with Crippen molar-refractivity contribution >= 4 is 23.0 Å². The fourth-order valence-electron chi connectivity index (χ4n) is 4.69. The van der Waals surface area contributed by atoms with E-state index in [-0.39, 0.29) is 25.8 Å². The molecule has 38 heavy (non-hydrogen) atoms. The molecule has 5 atom stereocenters. The van der Waals surface area contributed by atoms with Crippen LogP contribution >= 0.6 is 0 Å². The van der Waals surface area contributed by atoms with Gasteiger partial charge in [0.2, 0.25) is 0 Å². The highest BCUT2D eigenvalue weighted by atomic mass is 16.8. The molecular formula is C24H37N5O9. The second-order valence-corrected chi connectivity index (χ2v) is 10.3. The minimum Gasteiger partial charge on any atom is -0.461 e. The second kappa shape index (κ2) is 11.7. The third-order valence-corrected chi connectivity index (χ3v) is 6.37. The Kier molecular flexibility index (Phi) is 8.82. The molecule has 2 N–H and O–H groups in total. The van der Waals surface area contributed by atoms with Gasteiger partial charge in [-0.25, -0.2) is 19.7 Å². The van der Waals surface area contributed by atoms with Gasteiger partial charge in [0.05, 0.1) is 26.1 Å². The Balaban J connectivity index is 1.47. The lowest BCUT2D eigenvalue weighted by atomic mass is 9.87. The largest absolute Gasteiger partial charge is 0.461 e. The highest BCUT2D eigenvalue weighted by Gasteiger charge is 2.56. The van der Waals surface area contributed by atoms with Crippen LogP contribution in [0.15, 0.2) is 12.7 Å². The standard InChI is InChI=1S/C24H37N5O9/c1-23(2,10-32-6)18(35-13-33-8-7-31-5)22(30)34-9-14-16-17(38-24(3,4)37-16)21(36-14)29-12-28-15-19(25)26-11-27-20(15)29/h11-12,14,16-18,21H,7-10,13H2,1-6H3,(H2,25,26,27)/t14-,16-,17-,18?,21-/m1/s1. The normalized spacial score (nSPS) is 25.5. The lowest BCUT2D eigenvalue weighted by Gasteiger charge is -2.32. The molecule has 2 aromatic heterocycles. The molecule has 0 spiro atoms. The van der Waals surface area contributed by atoms with Gasteiger partial charge in [-0.05, 0) is 13.8 Å². The van der Waals surface area contributed by atoms with Gasteiger partial charge >= 0.3 is 5.97 Å². The van der Waals surface area contributed by atoms with Crippen molar-refractivity contribution in [1.29, 1.82) is 0 Å². The fraction of sp³-hybridized carbons (Fsp3) is 0.750. The van der Waals surface area contributed by atoms with Gasteiger partial charge in [0.25, 0.3) is 0 Å². The third kappa shape index (κ3) is 6.06. The van der Waals surface area contributed by atoms with Gasteiger partial charge in [-0.1, -0.05) is 13.8 Å². The van der Waals surface area contributed by atoms with Gasteiger partial charge in [-0.2, -0.15) is 0 Å². The molecule has 4 rings (SSSR count). The van der Waals surface area contributed by atoms with Crippen LogP contribution in [0.5, 0.6) is 0 Å². The number of carbonyl (C=O) groups excluding carboxylic acids is 1. The van der Waals surface area contributed by atoms with Crippen molar-refractivity contribution < 1.29 is 42.7 Å². The molecule has 2 aromatic rings. The Morgan fingerprint density at radius 1 is 1.16 bits per heavy atom. The maximum Gasteiger partial charge on any atom is 0.336 e. The zero-order valence-electron chi connectivity index (χ0n) is 22.6. The van der Waals surface area contributed by atoms with E-state index < -0.39 is 47.8 Å². The average molecular weight is 540 g/mol. The monoisotopic (exact) mass is 539 g/mol. The van der Waals surface area contributed by atoms with E-state index in [0.717, 1.165) is 0 Å². The molecule has 0 aromatic carbocycles. The van der Waals surface area contributed by atoms with Gasteiger partial charge in [-0.3, -0.25) is 4.57 Å². The van der Waals surface area contributed by atoms with Crippen LogP contribution < -0.4 is 5.73 Å². The summed E-state index contributed by atoms with van der Waals surface area (Å²) in [5.74, 6) is -1.18. The quantitative estimate of drug-likeness (QED) is 0.219. The van der Waals surface area contributed by atoms with E-state index in [0.29, 0.717) is 24.4 Å². The van der Waals surface area contributed by atoms with Gasteiger partial charge in [0.1, 0.15) is 43.6 Å². The summed E-state index contributed by atoms with van der Waals surface area (Å²) in [6.07, 6.45) is -0.309. The lowest BCUT2D eigenvalue weighted by molar-refractivity contribution is -0.207. The Morgan fingerprint density at radius 3 is 2.66 bits per heavy atom. The first-order valence-electron chi connectivity index (χ1n) is 12.4. The summed E-state index contributed by atoms with van der Waals surface area (Å²) in [6, 6.07) is 0. The van der Waals surface area contributed by atoms with Crippen molar-refractivity contribution in [3.05, 3.63) is 12.7 Å². The Bertz CT molecular complexity index is 1090. The molecular weight excluding hydrogens is 502 g/mol. The SMILES string of the molecule is COCCOCOC(C(=O)OC[C@H]1O[C@@H](n2cnc3c(N)ncnc32)[C@@H]2OC(C)(C)O[C@@H]21)C(C)(C)COC. The summed E-state index contributed by atoms with van der Waals surface area (Å²) in [5, 5.41) is 0. The first kappa shape index (κ1) is 28.5. The van der Waals surface area contributed by atoms with Crippen LogP contribution in [0.2, 0.25) is 0 Å². The zero-order valence-corrected chi connectivity index (χ0v) is 22.6. The number of fused-ring (bicyclic) bond motifs is 2. The number of nitrogens with zero attached hydrogens (tertiary/aromatic N) is 4. The summed E-state index contributed by atoms with van der Waals surface area (Å²) < 4.78 is 47.5. The highest BCUT2D eigenvalue weighted by Crippen LogP contribution is 2.44. The average Bonchev–Trinajstić information content (AvgIpc) is 3.51. The molecule has 0 bridgehead atoms. The molecule has 14 heteroatoms. The van der Waals surface area contributed by atoms with Gasteiger partial charge in [-0.15, -0.1) is 0 Å². The number of ether oxygens (including phenoxy) is 8. The van der Waals surface area contributed by atoms with Crippen LogP contribution in [0.3, 0.4) is 0 Å². The van der Waals surface area contributed by atoms with Crippen molar-refractivity contribution in [2.45, 2.75) is 64.1 Å². The van der Waals surface area contributed by atoms with Crippen LogP contribution in [-0.2, 0) is 42.7 Å². The van der Waals surface area contributed by atoms with E-state index >= 15 is 0 Å². The van der Waals surface area contributed by atoms with E-state index in [9.17, 15) is 4.79 Å². The molecule has 2 saturated heterocycles. The van der Waals surface area contributed by atoms with Crippen molar-refractivity contribution in [3.63, 3.8) is 0 Å². The number of esters is 1. The maximum atomic E-state index is 13.2. The molecule has 0 aliphatic carbocycles. The van der Waals surface area contributed by atoms with Crippen molar-refractivity contribution in [3.8, 4) is 0 Å². The summed E-state index contributed by atoms with van der Waals surface area (Å²) in [6.45, 7) is 8.15. The minimum atomic E-state index is -0.951. The first-order valence-corrected chi connectivity index (χ1v) is 12.4. The minimum absolute atomic E-state index is 0.0901. The van der Waals surface area contributed by atoms with Crippen molar-refractivity contribution in [2.75, 3.05) is 53.2 Å². The van der Waals surface area contributed by atoms with Crippen LogP contribution in [0.4, 0.5) is 5.82 Å². The molecule has 4 heterocycles. The Labute approximate surface area is 221 Å². The number of imidazole rings is 1. The molecule has 0 radical (unpaired) electrons. The smallest absolute Gasteiger partial charge is 0.336 e.